The van der Waals surface area contributed by atoms with Crippen molar-refractivity contribution < 1.29 is 14.6 Å². The monoisotopic (exact) mass is 328 g/mol. The van der Waals surface area contributed by atoms with E-state index in [2.05, 4.69) is 15.3 Å². The summed E-state index contributed by atoms with van der Waals surface area (Å²) in [6, 6.07) is 8.93. The summed E-state index contributed by atoms with van der Waals surface area (Å²) in [5.41, 5.74) is 0.700. The molecule has 2 aromatic rings. The van der Waals surface area contributed by atoms with Crippen molar-refractivity contribution in [3.63, 3.8) is 0 Å². The maximum absolute atomic E-state index is 12.2. The molecule has 2 amide bonds. The van der Waals surface area contributed by atoms with E-state index in [0.29, 0.717) is 30.4 Å². The highest BCUT2D eigenvalue weighted by Gasteiger charge is 2.22. The highest BCUT2D eigenvalue weighted by atomic mass is 16.5. The zero-order valence-electron chi connectivity index (χ0n) is 13.3. The number of amides is 2. The summed E-state index contributed by atoms with van der Waals surface area (Å²) in [5.74, 6) is 0.911. The third kappa shape index (κ3) is 4.20. The van der Waals surface area contributed by atoms with Crippen molar-refractivity contribution in [1.29, 1.82) is 0 Å². The van der Waals surface area contributed by atoms with E-state index < -0.39 is 0 Å². The minimum absolute atomic E-state index is 0.119. The molecule has 1 fully saturated rings. The number of aliphatic hydroxyl groups excluding tert-OH is 1. The van der Waals surface area contributed by atoms with Crippen LogP contribution in [-0.4, -0.2) is 45.7 Å². The van der Waals surface area contributed by atoms with Gasteiger partial charge in [0.15, 0.2) is 0 Å². The lowest BCUT2D eigenvalue weighted by molar-refractivity contribution is 0.143. The first kappa shape index (κ1) is 16.2. The lowest BCUT2D eigenvalue weighted by Gasteiger charge is -2.31. The fourth-order valence-electron chi connectivity index (χ4n) is 2.57. The van der Waals surface area contributed by atoms with Gasteiger partial charge in [0, 0.05) is 37.8 Å². The predicted molar refractivity (Wildman–Crippen MR) is 88.9 cm³/mol. The van der Waals surface area contributed by atoms with E-state index in [-0.39, 0.29) is 18.6 Å². The largest absolute Gasteiger partial charge is 0.424 e. The molecule has 1 aliphatic heterocycles. The van der Waals surface area contributed by atoms with Gasteiger partial charge in [0.2, 0.25) is 0 Å². The van der Waals surface area contributed by atoms with Crippen LogP contribution in [0.2, 0.25) is 0 Å². The van der Waals surface area contributed by atoms with E-state index in [1.165, 1.54) is 0 Å². The van der Waals surface area contributed by atoms with Crippen LogP contribution in [0.15, 0.2) is 42.7 Å². The molecule has 3 rings (SSSR count). The van der Waals surface area contributed by atoms with Gasteiger partial charge in [-0.25, -0.2) is 14.8 Å². The van der Waals surface area contributed by atoms with E-state index in [1.54, 1.807) is 47.6 Å². The minimum Gasteiger partial charge on any atom is -0.424 e. The molecular weight excluding hydrogens is 308 g/mol. The zero-order valence-corrected chi connectivity index (χ0v) is 13.3. The molecule has 1 aliphatic rings. The number of carbonyl (C=O) groups excluding carboxylic acids is 1. The maximum atomic E-state index is 12.2. The van der Waals surface area contributed by atoms with Gasteiger partial charge in [0.25, 0.3) is 0 Å². The predicted octanol–water partition coefficient (Wildman–Crippen LogP) is 2.51. The van der Waals surface area contributed by atoms with Crippen LogP contribution < -0.4 is 10.1 Å². The lowest BCUT2D eigenvalue weighted by atomic mass is 9.98. The van der Waals surface area contributed by atoms with E-state index in [0.717, 1.165) is 12.8 Å². The first-order valence-corrected chi connectivity index (χ1v) is 7.96. The summed E-state index contributed by atoms with van der Waals surface area (Å²) in [7, 11) is 0. The molecule has 7 heteroatoms. The second-order valence-electron chi connectivity index (χ2n) is 5.70. The highest BCUT2D eigenvalue weighted by molar-refractivity contribution is 5.89. The Hall–Kier alpha value is -2.67. The number of anilines is 1. The SMILES string of the molecule is O=C(Nc1ccc(Oc2ncccn2)cc1)N1CCC(CO)CC1. The number of benzene rings is 1. The molecule has 0 atom stereocenters. The molecule has 2 heterocycles. The Balaban J connectivity index is 1.53. The van der Waals surface area contributed by atoms with Crippen LogP contribution in [0.1, 0.15) is 12.8 Å². The van der Waals surface area contributed by atoms with Gasteiger partial charge in [-0.05, 0) is 49.1 Å². The van der Waals surface area contributed by atoms with Crippen molar-refractivity contribution in [2.45, 2.75) is 12.8 Å². The number of ether oxygens (including phenoxy) is 1. The van der Waals surface area contributed by atoms with Crippen molar-refractivity contribution in [1.82, 2.24) is 14.9 Å². The van der Waals surface area contributed by atoms with Gasteiger partial charge in [-0.1, -0.05) is 0 Å². The second kappa shape index (κ2) is 7.74. The summed E-state index contributed by atoms with van der Waals surface area (Å²) in [4.78, 5) is 22.0. The van der Waals surface area contributed by atoms with Crippen LogP contribution in [0.25, 0.3) is 0 Å². The van der Waals surface area contributed by atoms with Gasteiger partial charge in [-0.3, -0.25) is 0 Å². The number of carbonyl (C=O) groups is 1. The standard InChI is InChI=1S/C17H20N4O3/c22-12-13-6-10-21(11-7-13)17(23)20-14-2-4-15(5-3-14)24-16-18-8-1-9-19-16/h1-5,8-9,13,22H,6-7,10-12H2,(H,20,23). The fraction of sp³-hybridized carbons (Fsp3) is 0.353. The minimum atomic E-state index is -0.119. The van der Waals surface area contributed by atoms with Gasteiger partial charge in [0.1, 0.15) is 5.75 Å². The van der Waals surface area contributed by atoms with Crippen LogP contribution in [0.3, 0.4) is 0 Å². The first-order chi connectivity index (χ1) is 11.7. The summed E-state index contributed by atoms with van der Waals surface area (Å²) >= 11 is 0. The Morgan fingerprint density at radius 2 is 1.88 bits per heavy atom. The average Bonchev–Trinajstić information content (AvgIpc) is 2.64. The Morgan fingerprint density at radius 3 is 2.50 bits per heavy atom. The molecule has 24 heavy (non-hydrogen) atoms. The van der Waals surface area contributed by atoms with Crippen LogP contribution in [-0.2, 0) is 0 Å². The smallest absolute Gasteiger partial charge is 0.321 e. The molecule has 1 saturated heterocycles. The van der Waals surface area contributed by atoms with Crippen molar-refractivity contribution in [2.24, 2.45) is 5.92 Å². The second-order valence-corrected chi connectivity index (χ2v) is 5.70. The van der Waals surface area contributed by atoms with Crippen LogP contribution in [0.4, 0.5) is 10.5 Å². The van der Waals surface area contributed by atoms with E-state index >= 15 is 0 Å². The molecule has 7 nitrogen and oxygen atoms in total. The number of urea groups is 1. The molecule has 2 N–H and O–H groups in total. The quantitative estimate of drug-likeness (QED) is 0.900. The number of likely N-dealkylation sites (tertiary alicyclic amines) is 1. The van der Waals surface area contributed by atoms with Crippen LogP contribution in [0.5, 0.6) is 11.8 Å². The van der Waals surface area contributed by atoms with Crippen molar-refractivity contribution in [3.05, 3.63) is 42.7 Å². The fourth-order valence-corrected chi connectivity index (χ4v) is 2.57. The van der Waals surface area contributed by atoms with Crippen molar-refractivity contribution in [3.8, 4) is 11.8 Å². The molecule has 126 valence electrons. The Bertz CT molecular complexity index is 655. The Morgan fingerprint density at radius 1 is 1.21 bits per heavy atom. The van der Waals surface area contributed by atoms with Gasteiger partial charge < -0.3 is 20.1 Å². The lowest BCUT2D eigenvalue weighted by Crippen LogP contribution is -2.41. The van der Waals surface area contributed by atoms with Crippen molar-refractivity contribution in [2.75, 3.05) is 25.0 Å². The summed E-state index contributed by atoms with van der Waals surface area (Å²) in [6.07, 6.45) is 4.90. The molecular formula is C17H20N4O3. The van der Waals surface area contributed by atoms with Gasteiger partial charge >= 0.3 is 12.0 Å². The number of nitrogens with zero attached hydrogens (tertiary/aromatic N) is 3. The number of rotatable bonds is 4. The number of hydrogen-bond acceptors (Lipinski definition) is 5. The van der Waals surface area contributed by atoms with E-state index in [9.17, 15) is 4.79 Å². The average molecular weight is 328 g/mol. The molecule has 0 bridgehead atoms. The molecule has 0 spiro atoms. The molecule has 0 aliphatic carbocycles. The summed E-state index contributed by atoms with van der Waals surface area (Å²) in [5, 5.41) is 12.0. The van der Waals surface area contributed by atoms with Gasteiger partial charge in [-0.2, -0.15) is 0 Å². The molecule has 1 aromatic heterocycles. The number of aliphatic hydroxyl groups is 1. The normalized spacial score (nSPS) is 15.1. The molecule has 1 aromatic carbocycles. The number of piperidine rings is 1. The van der Waals surface area contributed by atoms with Crippen molar-refractivity contribution >= 4 is 11.7 Å². The third-order valence-corrected chi connectivity index (χ3v) is 4.02. The summed E-state index contributed by atoms with van der Waals surface area (Å²) < 4.78 is 5.51. The highest BCUT2D eigenvalue weighted by Crippen LogP contribution is 2.21. The zero-order chi connectivity index (χ0) is 16.8. The third-order valence-electron chi connectivity index (χ3n) is 4.02. The number of hydrogen-bond donors (Lipinski definition) is 2. The topological polar surface area (TPSA) is 87.6 Å². The Labute approximate surface area is 140 Å². The molecule has 0 unspecified atom stereocenters. The maximum Gasteiger partial charge on any atom is 0.321 e. The van der Waals surface area contributed by atoms with Crippen LogP contribution >= 0.6 is 0 Å². The Kier molecular flexibility index (Phi) is 5.22. The van der Waals surface area contributed by atoms with E-state index in [1.807, 2.05) is 0 Å². The summed E-state index contributed by atoms with van der Waals surface area (Å²) in [6.45, 7) is 1.54. The molecule has 0 saturated carbocycles. The van der Waals surface area contributed by atoms with Gasteiger partial charge in [0.05, 0.1) is 0 Å². The molecule has 0 radical (unpaired) electrons. The first-order valence-electron chi connectivity index (χ1n) is 7.96. The number of nitrogens with one attached hydrogen (secondary N) is 1. The van der Waals surface area contributed by atoms with E-state index in [4.69, 9.17) is 9.84 Å². The van der Waals surface area contributed by atoms with Gasteiger partial charge in [-0.15, -0.1) is 0 Å². The van der Waals surface area contributed by atoms with Crippen LogP contribution in [0, 0.1) is 5.92 Å². The number of aromatic nitrogens is 2.